The normalized spacial score (nSPS) is 10.9. The molecule has 0 aliphatic carbocycles. The molecule has 0 radical (unpaired) electrons. The number of hydrogen-bond donors (Lipinski definition) is 0. The van der Waals surface area contributed by atoms with Gasteiger partial charge >= 0.3 is 5.97 Å². The molecule has 0 amide bonds. The highest BCUT2D eigenvalue weighted by atomic mass is 16.6. The quantitative estimate of drug-likeness (QED) is 0.227. The topological polar surface area (TPSA) is 35.5 Å². The number of carbonyl (C=O) groups is 1. The fourth-order valence-corrected chi connectivity index (χ4v) is 2.77. The standard InChI is InChI=1S/C20H40O3/c1-3-4-5-6-7-8-9-10-11-12-13-14-15-16-17-20(21)23-19-18-22-2/h3-19H2,1-2H3. The minimum atomic E-state index is -0.0824. The molecule has 0 atom stereocenters. The Bertz CT molecular complexity index is 241. The Hall–Kier alpha value is -0.570. The summed E-state index contributed by atoms with van der Waals surface area (Å²) in [5.74, 6) is -0.0824. The number of unbranched alkanes of at least 4 members (excludes halogenated alkanes) is 13. The monoisotopic (exact) mass is 328 g/mol. The second-order valence-electron chi connectivity index (χ2n) is 6.56. The van der Waals surface area contributed by atoms with E-state index in [4.69, 9.17) is 9.47 Å². The van der Waals surface area contributed by atoms with Crippen LogP contribution in [0.1, 0.15) is 103 Å². The fraction of sp³-hybridized carbons (Fsp3) is 0.950. The maximum absolute atomic E-state index is 11.4. The highest BCUT2D eigenvalue weighted by Crippen LogP contribution is 2.13. The van der Waals surface area contributed by atoms with Crippen molar-refractivity contribution in [2.75, 3.05) is 20.3 Å². The summed E-state index contributed by atoms with van der Waals surface area (Å²) in [6.45, 7) is 3.15. The van der Waals surface area contributed by atoms with Gasteiger partial charge in [-0.25, -0.2) is 0 Å². The zero-order valence-corrected chi connectivity index (χ0v) is 15.7. The van der Waals surface area contributed by atoms with Crippen molar-refractivity contribution in [1.82, 2.24) is 0 Å². The Morgan fingerprint density at radius 2 is 1.09 bits per heavy atom. The summed E-state index contributed by atoms with van der Waals surface area (Å²) in [6.07, 6.45) is 19.3. The lowest BCUT2D eigenvalue weighted by atomic mass is 10.0. The molecular weight excluding hydrogens is 288 g/mol. The number of hydrogen-bond acceptors (Lipinski definition) is 3. The lowest BCUT2D eigenvalue weighted by Gasteiger charge is -2.04. The number of rotatable bonds is 18. The van der Waals surface area contributed by atoms with Gasteiger partial charge in [-0.2, -0.15) is 0 Å². The molecule has 0 fully saturated rings. The predicted molar refractivity (Wildman–Crippen MR) is 97.8 cm³/mol. The molecule has 0 saturated heterocycles. The summed E-state index contributed by atoms with van der Waals surface area (Å²) in [6, 6.07) is 0. The van der Waals surface area contributed by atoms with Gasteiger partial charge < -0.3 is 9.47 Å². The van der Waals surface area contributed by atoms with Crippen LogP contribution in [0.25, 0.3) is 0 Å². The smallest absolute Gasteiger partial charge is 0.305 e. The Labute approximate surface area is 144 Å². The average Bonchev–Trinajstić information content (AvgIpc) is 2.55. The molecule has 0 aromatic rings. The largest absolute Gasteiger partial charge is 0.463 e. The van der Waals surface area contributed by atoms with Crippen molar-refractivity contribution in [2.45, 2.75) is 103 Å². The van der Waals surface area contributed by atoms with Gasteiger partial charge in [0.2, 0.25) is 0 Å². The summed E-state index contributed by atoms with van der Waals surface area (Å²) < 4.78 is 9.87. The van der Waals surface area contributed by atoms with E-state index in [0.29, 0.717) is 19.6 Å². The zero-order chi connectivity index (χ0) is 17.0. The molecule has 0 spiro atoms. The highest BCUT2D eigenvalue weighted by molar-refractivity contribution is 5.69. The van der Waals surface area contributed by atoms with Crippen LogP contribution in [-0.2, 0) is 14.3 Å². The summed E-state index contributed by atoms with van der Waals surface area (Å²) in [5.41, 5.74) is 0. The van der Waals surface area contributed by atoms with Crippen LogP contribution < -0.4 is 0 Å². The van der Waals surface area contributed by atoms with Gasteiger partial charge in [0.25, 0.3) is 0 Å². The predicted octanol–water partition coefficient (Wildman–Crippen LogP) is 6.05. The van der Waals surface area contributed by atoms with Gasteiger partial charge in [0.05, 0.1) is 6.61 Å². The molecule has 3 heteroatoms. The Balaban J connectivity index is 3.06. The van der Waals surface area contributed by atoms with Crippen LogP contribution in [-0.4, -0.2) is 26.3 Å². The van der Waals surface area contributed by atoms with E-state index in [1.54, 1.807) is 7.11 Å². The van der Waals surface area contributed by atoms with E-state index in [0.717, 1.165) is 12.8 Å². The van der Waals surface area contributed by atoms with Gasteiger partial charge in [0.1, 0.15) is 6.61 Å². The van der Waals surface area contributed by atoms with Gasteiger partial charge in [-0.15, -0.1) is 0 Å². The fourth-order valence-electron chi connectivity index (χ4n) is 2.77. The van der Waals surface area contributed by atoms with Crippen LogP contribution in [0.2, 0.25) is 0 Å². The highest BCUT2D eigenvalue weighted by Gasteiger charge is 2.02. The Morgan fingerprint density at radius 3 is 1.52 bits per heavy atom. The van der Waals surface area contributed by atoms with Crippen molar-refractivity contribution in [3.63, 3.8) is 0 Å². The minimum absolute atomic E-state index is 0.0824. The summed E-state index contributed by atoms with van der Waals surface area (Å²) in [5, 5.41) is 0. The summed E-state index contributed by atoms with van der Waals surface area (Å²) in [7, 11) is 1.61. The molecule has 0 aromatic heterocycles. The molecule has 3 nitrogen and oxygen atoms in total. The van der Waals surface area contributed by atoms with E-state index in [9.17, 15) is 4.79 Å². The van der Waals surface area contributed by atoms with Crippen LogP contribution in [0.15, 0.2) is 0 Å². The van der Waals surface area contributed by atoms with E-state index in [2.05, 4.69) is 6.92 Å². The number of ether oxygens (including phenoxy) is 2. The molecule has 0 N–H and O–H groups in total. The third-order valence-electron chi connectivity index (χ3n) is 4.28. The Morgan fingerprint density at radius 1 is 0.652 bits per heavy atom. The van der Waals surface area contributed by atoms with Crippen molar-refractivity contribution in [3.8, 4) is 0 Å². The first-order valence-electron chi connectivity index (χ1n) is 9.95. The maximum atomic E-state index is 11.4. The molecule has 0 aliphatic heterocycles. The second-order valence-corrected chi connectivity index (χ2v) is 6.56. The molecule has 138 valence electrons. The lowest BCUT2D eigenvalue weighted by Crippen LogP contribution is -2.09. The van der Waals surface area contributed by atoms with E-state index >= 15 is 0 Å². The molecule has 23 heavy (non-hydrogen) atoms. The van der Waals surface area contributed by atoms with Crippen molar-refractivity contribution < 1.29 is 14.3 Å². The van der Waals surface area contributed by atoms with Gasteiger partial charge in [-0.3, -0.25) is 4.79 Å². The van der Waals surface area contributed by atoms with Gasteiger partial charge in [-0.05, 0) is 6.42 Å². The van der Waals surface area contributed by atoms with Gasteiger partial charge in [-0.1, -0.05) is 90.4 Å². The van der Waals surface area contributed by atoms with Crippen LogP contribution in [0.3, 0.4) is 0 Å². The molecule has 0 bridgehead atoms. The van der Waals surface area contributed by atoms with Crippen LogP contribution in [0.4, 0.5) is 0 Å². The van der Waals surface area contributed by atoms with Crippen LogP contribution >= 0.6 is 0 Å². The molecule has 0 unspecified atom stereocenters. The third-order valence-corrected chi connectivity index (χ3v) is 4.28. The van der Waals surface area contributed by atoms with E-state index in [1.165, 1.54) is 77.0 Å². The van der Waals surface area contributed by atoms with Crippen LogP contribution in [0.5, 0.6) is 0 Å². The zero-order valence-electron chi connectivity index (χ0n) is 15.7. The second kappa shape index (κ2) is 19.5. The number of methoxy groups -OCH3 is 1. The summed E-state index contributed by atoms with van der Waals surface area (Å²) in [4.78, 5) is 11.4. The van der Waals surface area contributed by atoms with Gasteiger partial charge in [0, 0.05) is 13.5 Å². The van der Waals surface area contributed by atoms with Crippen LogP contribution in [0, 0.1) is 0 Å². The minimum Gasteiger partial charge on any atom is -0.463 e. The molecule has 0 aliphatic rings. The number of esters is 1. The molecule has 0 aromatic carbocycles. The van der Waals surface area contributed by atoms with Crippen molar-refractivity contribution in [3.05, 3.63) is 0 Å². The van der Waals surface area contributed by atoms with E-state index in [1.807, 2.05) is 0 Å². The third kappa shape index (κ3) is 19.4. The van der Waals surface area contributed by atoms with Gasteiger partial charge in [0.15, 0.2) is 0 Å². The van der Waals surface area contributed by atoms with E-state index < -0.39 is 0 Å². The van der Waals surface area contributed by atoms with E-state index in [-0.39, 0.29) is 5.97 Å². The molecular formula is C20H40O3. The SMILES string of the molecule is CCCCCCCCCCCCCCCCC(=O)OCCOC. The molecule has 0 heterocycles. The first-order valence-corrected chi connectivity index (χ1v) is 9.95. The first-order chi connectivity index (χ1) is 11.3. The summed E-state index contributed by atoms with van der Waals surface area (Å²) >= 11 is 0. The van der Waals surface area contributed by atoms with Crippen molar-refractivity contribution in [2.24, 2.45) is 0 Å². The van der Waals surface area contributed by atoms with Crippen molar-refractivity contribution >= 4 is 5.97 Å². The maximum Gasteiger partial charge on any atom is 0.305 e. The number of carbonyl (C=O) groups excluding carboxylic acids is 1. The van der Waals surface area contributed by atoms with Crippen molar-refractivity contribution in [1.29, 1.82) is 0 Å². The first kappa shape index (κ1) is 22.4. The Kier molecular flexibility index (Phi) is 19.0. The average molecular weight is 329 g/mol. The molecule has 0 saturated carbocycles. The molecule has 0 rings (SSSR count). The lowest BCUT2D eigenvalue weighted by molar-refractivity contribution is -0.145.